The molecule has 1 aliphatic rings. The van der Waals surface area contributed by atoms with Crippen molar-refractivity contribution in [3.8, 4) is 22.8 Å². The highest BCUT2D eigenvalue weighted by molar-refractivity contribution is 6.08. The summed E-state index contributed by atoms with van der Waals surface area (Å²) in [5.41, 5.74) is 6.78. The van der Waals surface area contributed by atoms with E-state index in [1.54, 1.807) is 0 Å². The van der Waals surface area contributed by atoms with Gasteiger partial charge in [-0.05, 0) is 54.0 Å². The number of benzene rings is 3. The molecule has 0 spiro atoms. The van der Waals surface area contributed by atoms with Crippen molar-refractivity contribution < 1.29 is 9.30 Å². The van der Waals surface area contributed by atoms with Gasteiger partial charge in [0, 0.05) is 16.2 Å². The standard InChI is InChI=1S/C26H23N2O/c1-14(2)18-10-19-9-15(3)16(4)23-24(19)22(11-18)29-26-21-12-20(27-5)8-7-17(21)13-28(6)25(23)26/h7-14H,1-4,6H3/q+1. The van der Waals surface area contributed by atoms with E-state index in [-0.39, 0.29) is 0 Å². The third-order valence-electron chi connectivity index (χ3n) is 6.17. The molecule has 0 fully saturated rings. The number of hydrogen-bond donors (Lipinski definition) is 0. The smallest absolute Gasteiger partial charge is 0.256 e. The van der Waals surface area contributed by atoms with Gasteiger partial charge >= 0.3 is 0 Å². The summed E-state index contributed by atoms with van der Waals surface area (Å²) < 4.78 is 8.77. The summed E-state index contributed by atoms with van der Waals surface area (Å²) in [5, 5.41) is 4.47. The van der Waals surface area contributed by atoms with Crippen molar-refractivity contribution in [3.63, 3.8) is 0 Å². The summed E-state index contributed by atoms with van der Waals surface area (Å²) in [6.45, 7) is 16.2. The van der Waals surface area contributed by atoms with Gasteiger partial charge < -0.3 is 4.74 Å². The highest BCUT2D eigenvalue weighted by atomic mass is 16.5. The van der Waals surface area contributed by atoms with E-state index in [2.05, 4.69) is 68.6 Å². The molecule has 1 aliphatic heterocycles. The molecule has 0 radical (unpaired) electrons. The molecular weight excluding hydrogens is 356 g/mol. The van der Waals surface area contributed by atoms with E-state index in [4.69, 9.17) is 11.3 Å². The second-order valence-electron chi connectivity index (χ2n) is 8.37. The van der Waals surface area contributed by atoms with Crippen LogP contribution in [0.5, 0.6) is 11.5 Å². The van der Waals surface area contributed by atoms with Crippen LogP contribution in [0.15, 0.2) is 42.6 Å². The number of aromatic nitrogens is 1. The average Bonchev–Trinajstić information content (AvgIpc) is 2.70. The zero-order chi connectivity index (χ0) is 20.4. The molecule has 29 heavy (non-hydrogen) atoms. The van der Waals surface area contributed by atoms with Crippen molar-refractivity contribution in [1.29, 1.82) is 0 Å². The largest absolute Gasteiger partial charge is 0.449 e. The molecule has 0 unspecified atom stereocenters. The maximum absolute atomic E-state index is 7.43. The minimum atomic E-state index is 0.419. The molecule has 142 valence electrons. The Labute approximate surface area is 171 Å². The summed E-state index contributed by atoms with van der Waals surface area (Å²) in [7, 11) is 2.07. The fraction of sp³-hybridized carbons (Fsp3) is 0.231. The highest BCUT2D eigenvalue weighted by Crippen LogP contribution is 2.50. The zero-order valence-electron chi connectivity index (χ0n) is 17.4. The van der Waals surface area contributed by atoms with Crippen LogP contribution < -0.4 is 9.30 Å². The van der Waals surface area contributed by atoms with E-state index in [9.17, 15) is 0 Å². The van der Waals surface area contributed by atoms with Crippen LogP contribution in [-0.4, -0.2) is 0 Å². The predicted molar refractivity (Wildman–Crippen MR) is 118 cm³/mol. The van der Waals surface area contributed by atoms with Gasteiger partial charge in [-0.15, -0.1) is 0 Å². The average molecular weight is 379 g/mol. The van der Waals surface area contributed by atoms with Gasteiger partial charge in [-0.2, -0.15) is 4.57 Å². The predicted octanol–water partition coefficient (Wildman–Crippen LogP) is 6.88. The molecule has 0 aliphatic carbocycles. The number of pyridine rings is 1. The summed E-state index contributed by atoms with van der Waals surface area (Å²) in [6, 6.07) is 12.6. The minimum Gasteiger partial charge on any atom is -0.449 e. The van der Waals surface area contributed by atoms with Crippen LogP contribution in [0, 0.1) is 20.4 Å². The second-order valence-corrected chi connectivity index (χ2v) is 8.37. The first-order valence-electron chi connectivity index (χ1n) is 9.99. The van der Waals surface area contributed by atoms with E-state index >= 15 is 0 Å². The quantitative estimate of drug-likeness (QED) is 0.229. The maximum atomic E-state index is 7.43. The van der Waals surface area contributed by atoms with Gasteiger partial charge in [-0.3, -0.25) is 0 Å². The molecule has 5 rings (SSSR count). The first-order valence-corrected chi connectivity index (χ1v) is 9.99. The Morgan fingerprint density at radius 2 is 1.83 bits per heavy atom. The number of rotatable bonds is 1. The lowest BCUT2D eigenvalue weighted by Gasteiger charge is -2.24. The topological polar surface area (TPSA) is 17.5 Å². The Morgan fingerprint density at radius 1 is 1.03 bits per heavy atom. The van der Waals surface area contributed by atoms with Crippen molar-refractivity contribution in [1.82, 2.24) is 0 Å². The third-order valence-corrected chi connectivity index (χ3v) is 6.17. The molecule has 0 atom stereocenters. The maximum Gasteiger partial charge on any atom is 0.256 e. The molecule has 0 saturated heterocycles. The second kappa shape index (κ2) is 6.06. The van der Waals surface area contributed by atoms with Crippen molar-refractivity contribution in [2.24, 2.45) is 7.05 Å². The molecule has 4 aromatic rings. The zero-order valence-corrected chi connectivity index (χ0v) is 17.4. The molecule has 0 saturated carbocycles. The molecule has 0 bridgehead atoms. The Morgan fingerprint density at radius 3 is 2.55 bits per heavy atom. The fourth-order valence-corrected chi connectivity index (χ4v) is 4.46. The van der Waals surface area contributed by atoms with Crippen LogP contribution in [0.4, 0.5) is 5.69 Å². The molecule has 2 heterocycles. The van der Waals surface area contributed by atoms with Crippen LogP contribution in [-0.2, 0) is 7.05 Å². The summed E-state index contributed by atoms with van der Waals surface area (Å²) in [5.74, 6) is 2.18. The minimum absolute atomic E-state index is 0.419. The monoisotopic (exact) mass is 379 g/mol. The van der Waals surface area contributed by atoms with Crippen LogP contribution in [0.2, 0.25) is 0 Å². The van der Waals surface area contributed by atoms with E-state index in [1.165, 1.54) is 33.0 Å². The van der Waals surface area contributed by atoms with Gasteiger partial charge in [0.1, 0.15) is 12.8 Å². The number of hydrogen-bond acceptors (Lipinski definition) is 1. The van der Waals surface area contributed by atoms with Crippen molar-refractivity contribution in [2.75, 3.05) is 0 Å². The summed E-state index contributed by atoms with van der Waals surface area (Å²) in [6.07, 6.45) is 2.13. The van der Waals surface area contributed by atoms with Crippen LogP contribution in [0.3, 0.4) is 0 Å². The fourth-order valence-electron chi connectivity index (χ4n) is 4.46. The van der Waals surface area contributed by atoms with E-state index < -0.39 is 0 Å². The number of fused-ring (bicyclic) bond motifs is 4. The molecule has 3 heteroatoms. The Bertz CT molecular complexity index is 1390. The summed E-state index contributed by atoms with van der Waals surface area (Å²) >= 11 is 0. The summed E-state index contributed by atoms with van der Waals surface area (Å²) in [4.78, 5) is 3.63. The molecular formula is C26H23N2O+. The highest BCUT2D eigenvalue weighted by Gasteiger charge is 2.32. The van der Waals surface area contributed by atoms with Gasteiger partial charge in [-0.1, -0.05) is 38.1 Å². The number of aryl methyl sites for hydroxylation is 2. The van der Waals surface area contributed by atoms with E-state index in [0.717, 1.165) is 28.0 Å². The lowest BCUT2D eigenvalue weighted by atomic mass is 9.87. The number of ether oxygens (including phenoxy) is 1. The van der Waals surface area contributed by atoms with Gasteiger partial charge in [0.15, 0.2) is 11.9 Å². The van der Waals surface area contributed by atoms with Gasteiger partial charge in [0.25, 0.3) is 5.69 Å². The molecule has 3 nitrogen and oxygen atoms in total. The van der Waals surface area contributed by atoms with Crippen LogP contribution in [0.25, 0.3) is 37.6 Å². The van der Waals surface area contributed by atoms with Crippen LogP contribution in [0.1, 0.15) is 36.5 Å². The molecule has 1 aromatic heterocycles. The lowest BCUT2D eigenvalue weighted by Crippen LogP contribution is -2.32. The molecule has 3 aromatic carbocycles. The van der Waals surface area contributed by atoms with Crippen molar-refractivity contribution >= 4 is 27.2 Å². The van der Waals surface area contributed by atoms with Gasteiger partial charge in [0.2, 0.25) is 5.75 Å². The lowest BCUT2D eigenvalue weighted by molar-refractivity contribution is -0.659. The Kier molecular flexibility index (Phi) is 3.70. The van der Waals surface area contributed by atoms with Crippen molar-refractivity contribution in [2.45, 2.75) is 33.6 Å². The SMILES string of the molecule is [C-]#[N+]c1ccc2c[n+](C)c3c(c2c1)Oc1cc(C(C)C)cc2cc(C)c(C)c-3c12. The molecule has 0 amide bonds. The van der Waals surface area contributed by atoms with Crippen LogP contribution >= 0.6 is 0 Å². The third kappa shape index (κ3) is 2.46. The van der Waals surface area contributed by atoms with Gasteiger partial charge in [0.05, 0.1) is 12.1 Å². The normalized spacial score (nSPS) is 12.2. The Hall–Kier alpha value is -3.38. The first-order chi connectivity index (χ1) is 13.9. The number of nitrogens with zero attached hydrogens (tertiary/aromatic N) is 2. The van der Waals surface area contributed by atoms with E-state index in [0.29, 0.717) is 11.6 Å². The van der Waals surface area contributed by atoms with Gasteiger partial charge in [-0.25, -0.2) is 4.85 Å². The van der Waals surface area contributed by atoms with E-state index in [1.807, 2.05) is 18.2 Å². The molecule has 0 N–H and O–H groups in total. The first kappa shape index (κ1) is 17.7. The Balaban J connectivity index is 1.98. The van der Waals surface area contributed by atoms with Crippen molar-refractivity contribution in [3.05, 3.63) is 70.7 Å².